The van der Waals surface area contributed by atoms with Gasteiger partial charge in [0.05, 0.1) is 12.1 Å². The van der Waals surface area contributed by atoms with Crippen molar-refractivity contribution in [3.05, 3.63) is 106 Å². The average molecular weight is 471 g/mol. The topological polar surface area (TPSA) is 138 Å². The van der Waals surface area contributed by atoms with E-state index < -0.39 is 41.2 Å². The SMILES string of the molecule is O=C(O)CNC(=O)c1c(O)c(C(=O)Nc2cccc3ccccc23)cn(Cc2ccccc2)c1=O. The highest BCUT2D eigenvalue weighted by atomic mass is 16.4. The highest BCUT2D eigenvalue weighted by molar-refractivity contribution is 6.12. The van der Waals surface area contributed by atoms with E-state index in [1.807, 2.05) is 30.3 Å². The molecule has 176 valence electrons. The number of amides is 2. The number of hydrogen-bond donors (Lipinski definition) is 4. The van der Waals surface area contributed by atoms with Crippen molar-refractivity contribution < 1.29 is 24.6 Å². The minimum atomic E-state index is -1.33. The number of aromatic nitrogens is 1. The van der Waals surface area contributed by atoms with Gasteiger partial charge in [-0.1, -0.05) is 66.7 Å². The monoisotopic (exact) mass is 471 g/mol. The lowest BCUT2D eigenvalue weighted by Crippen LogP contribution is -2.36. The van der Waals surface area contributed by atoms with Gasteiger partial charge < -0.3 is 25.4 Å². The minimum Gasteiger partial charge on any atom is -0.506 e. The molecule has 0 unspecified atom stereocenters. The van der Waals surface area contributed by atoms with Gasteiger partial charge in [-0.25, -0.2) is 0 Å². The Labute approximate surface area is 199 Å². The summed E-state index contributed by atoms with van der Waals surface area (Å²) in [6, 6.07) is 21.6. The Hall–Kier alpha value is -4.92. The first-order valence-electron chi connectivity index (χ1n) is 10.6. The summed E-state index contributed by atoms with van der Waals surface area (Å²) in [6.45, 7) is -0.740. The highest BCUT2D eigenvalue weighted by Crippen LogP contribution is 2.26. The second kappa shape index (κ2) is 9.92. The minimum absolute atomic E-state index is 0.0215. The zero-order valence-electron chi connectivity index (χ0n) is 18.4. The normalized spacial score (nSPS) is 10.6. The Morgan fingerprint density at radius 3 is 2.29 bits per heavy atom. The van der Waals surface area contributed by atoms with E-state index in [9.17, 15) is 24.3 Å². The van der Waals surface area contributed by atoms with Crippen LogP contribution >= 0.6 is 0 Å². The Balaban J connectivity index is 1.78. The zero-order chi connectivity index (χ0) is 24.9. The van der Waals surface area contributed by atoms with E-state index in [0.29, 0.717) is 5.69 Å². The van der Waals surface area contributed by atoms with Crippen molar-refractivity contribution in [2.45, 2.75) is 6.54 Å². The smallest absolute Gasteiger partial charge is 0.322 e. The van der Waals surface area contributed by atoms with Crippen LogP contribution < -0.4 is 16.2 Å². The molecule has 0 radical (unpaired) electrons. The second-order valence-corrected chi connectivity index (χ2v) is 7.74. The molecule has 4 aromatic rings. The van der Waals surface area contributed by atoms with Crippen molar-refractivity contribution >= 4 is 34.2 Å². The fourth-order valence-electron chi connectivity index (χ4n) is 3.69. The molecule has 0 saturated carbocycles. The third-order valence-corrected chi connectivity index (χ3v) is 5.36. The van der Waals surface area contributed by atoms with Crippen molar-refractivity contribution in [2.24, 2.45) is 0 Å². The number of carboxylic acids is 1. The van der Waals surface area contributed by atoms with Gasteiger partial charge >= 0.3 is 5.97 Å². The van der Waals surface area contributed by atoms with Crippen LogP contribution in [0.5, 0.6) is 5.75 Å². The second-order valence-electron chi connectivity index (χ2n) is 7.74. The van der Waals surface area contributed by atoms with Gasteiger partial charge in [-0.05, 0) is 17.0 Å². The number of aromatic hydroxyl groups is 1. The summed E-state index contributed by atoms with van der Waals surface area (Å²) in [4.78, 5) is 49.8. The molecule has 9 nitrogen and oxygen atoms in total. The summed E-state index contributed by atoms with van der Waals surface area (Å²) >= 11 is 0. The van der Waals surface area contributed by atoms with Crippen molar-refractivity contribution in [3.8, 4) is 5.75 Å². The van der Waals surface area contributed by atoms with E-state index in [4.69, 9.17) is 5.11 Å². The number of pyridine rings is 1. The van der Waals surface area contributed by atoms with Gasteiger partial charge in [-0.3, -0.25) is 19.2 Å². The molecule has 4 rings (SSSR count). The third kappa shape index (κ3) is 5.03. The summed E-state index contributed by atoms with van der Waals surface area (Å²) in [7, 11) is 0. The molecule has 1 aromatic heterocycles. The van der Waals surface area contributed by atoms with Crippen LogP contribution in [0.25, 0.3) is 10.8 Å². The average Bonchev–Trinajstić information content (AvgIpc) is 2.85. The molecule has 0 aliphatic rings. The number of carbonyl (C=O) groups is 3. The van der Waals surface area contributed by atoms with Crippen LogP contribution in [0, 0.1) is 0 Å². The molecular formula is C26H21N3O6. The fraction of sp³-hybridized carbons (Fsp3) is 0.0769. The van der Waals surface area contributed by atoms with E-state index in [0.717, 1.165) is 20.9 Å². The predicted molar refractivity (Wildman–Crippen MR) is 130 cm³/mol. The molecule has 0 saturated heterocycles. The van der Waals surface area contributed by atoms with Crippen LogP contribution in [0.1, 0.15) is 26.3 Å². The highest BCUT2D eigenvalue weighted by Gasteiger charge is 2.25. The van der Waals surface area contributed by atoms with Crippen molar-refractivity contribution in [3.63, 3.8) is 0 Å². The number of aliphatic carboxylic acids is 1. The summed E-state index contributed by atoms with van der Waals surface area (Å²) in [5.41, 5.74) is -0.694. The van der Waals surface area contributed by atoms with E-state index >= 15 is 0 Å². The van der Waals surface area contributed by atoms with E-state index in [1.165, 1.54) is 6.20 Å². The Kier molecular flexibility index (Phi) is 6.59. The van der Waals surface area contributed by atoms with Gasteiger partial charge in [0.25, 0.3) is 17.4 Å². The van der Waals surface area contributed by atoms with Crippen LogP contribution in [-0.4, -0.2) is 39.1 Å². The number of rotatable bonds is 7. The molecule has 9 heteroatoms. The van der Waals surface area contributed by atoms with Gasteiger partial charge in [-0.15, -0.1) is 0 Å². The molecule has 0 aliphatic carbocycles. The fourth-order valence-corrected chi connectivity index (χ4v) is 3.69. The number of carboxylic acid groups (broad SMARTS) is 1. The molecule has 35 heavy (non-hydrogen) atoms. The number of hydrogen-bond acceptors (Lipinski definition) is 5. The van der Waals surface area contributed by atoms with Gasteiger partial charge in [-0.2, -0.15) is 0 Å². The molecule has 3 aromatic carbocycles. The van der Waals surface area contributed by atoms with Crippen LogP contribution in [0.3, 0.4) is 0 Å². The molecule has 1 heterocycles. The first-order chi connectivity index (χ1) is 16.8. The van der Waals surface area contributed by atoms with Crippen LogP contribution in [0.4, 0.5) is 5.69 Å². The number of benzene rings is 3. The van der Waals surface area contributed by atoms with Crippen LogP contribution in [0.15, 0.2) is 83.8 Å². The standard InChI is InChI=1S/C26H21N3O6/c30-21(31)13-27-25(34)22-23(32)19(15-29(26(22)35)14-16-7-2-1-3-8-16)24(33)28-20-12-6-10-17-9-4-5-11-18(17)20/h1-12,15,32H,13-14H2,(H,27,34)(H,28,33)(H,30,31). The summed E-state index contributed by atoms with van der Waals surface area (Å²) in [5.74, 6) is -4.00. The van der Waals surface area contributed by atoms with Crippen molar-refractivity contribution in [1.82, 2.24) is 9.88 Å². The lowest BCUT2D eigenvalue weighted by atomic mass is 10.1. The maximum absolute atomic E-state index is 13.2. The summed E-state index contributed by atoms with van der Waals surface area (Å²) in [6.07, 6.45) is 1.18. The van der Waals surface area contributed by atoms with Crippen molar-refractivity contribution in [1.29, 1.82) is 0 Å². The molecule has 0 spiro atoms. The first-order valence-corrected chi connectivity index (χ1v) is 10.6. The molecule has 4 N–H and O–H groups in total. The summed E-state index contributed by atoms with van der Waals surface area (Å²) in [5, 5.41) is 26.1. The molecule has 0 bridgehead atoms. The quantitative estimate of drug-likeness (QED) is 0.327. The van der Waals surface area contributed by atoms with Crippen LogP contribution in [-0.2, 0) is 11.3 Å². The van der Waals surface area contributed by atoms with E-state index in [1.54, 1.807) is 42.5 Å². The third-order valence-electron chi connectivity index (χ3n) is 5.36. The molecular weight excluding hydrogens is 450 g/mol. The van der Waals surface area contributed by atoms with Gasteiger partial charge in [0.1, 0.15) is 17.9 Å². The molecule has 0 atom stereocenters. The van der Waals surface area contributed by atoms with E-state index in [2.05, 4.69) is 10.6 Å². The predicted octanol–water partition coefficient (Wildman–Crippen LogP) is 2.82. The zero-order valence-corrected chi connectivity index (χ0v) is 18.4. The van der Waals surface area contributed by atoms with Crippen molar-refractivity contribution in [2.75, 3.05) is 11.9 Å². The van der Waals surface area contributed by atoms with Gasteiger partial charge in [0.15, 0.2) is 0 Å². The number of nitrogens with one attached hydrogen (secondary N) is 2. The Morgan fingerprint density at radius 2 is 1.54 bits per heavy atom. The van der Waals surface area contributed by atoms with Gasteiger partial charge in [0.2, 0.25) is 0 Å². The number of fused-ring (bicyclic) bond motifs is 1. The van der Waals surface area contributed by atoms with E-state index in [-0.39, 0.29) is 12.1 Å². The lowest BCUT2D eigenvalue weighted by Gasteiger charge is -2.15. The largest absolute Gasteiger partial charge is 0.506 e. The maximum Gasteiger partial charge on any atom is 0.322 e. The number of carbonyl (C=O) groups excluding carboxylic acids is 2. The molecule has 0 aliphatic heterocycles. The number of anilines is 1. The first kappa shape index (κ1) is 23.2. The molecule has 2 amide bonds. The Morgan fingerprint density at radius 1 is 0.857 bits per heavy atom. The molecule has 0 fully saturated rings. The number of nitrogens with zero attached hydrogens (tertiary/aromatic N) is 1. The maximum atomic E-state index is 13.2. The van der Waals surface area contributed by atoms with Gasteiger partial charge in [0, 0.05) is 17.3 Å². The lowest BCUT2D eigenvalue weighted by molar-refractivity contribution is -0.135. The summed E-state index contributed by atoms with van der Waals surface area (Å²) < 4.78 is 1.13. The Bertz CT molecular complexity index is 1490. The van der Waals surface area contributed by atoms with Crippen LogP contribution in [0.2, 0.25) is 0 Å².